The largest absolute Gasteiger partial charge is 0.494 e. The summed E-state index contributed by atoms with van der Waals surface area (Å²) in [6, 6.07) is 7.84. The topological polar surface area (TPSA) is 63.0 Å². The lowest BCUT2D eigenvalue weighted by Crippen LogP contribution is -2.43. The summed E-state index contributed by atoms with van der Waals surface area (Å²) >= 11 is 0. The number of carbonyl (C=O) groups is 2. The van der Waals surface area contributed by atoms with E-state index in [1.165, 1.54) is 30.4 Å². The van der Waals surface area contributed by atoms with Crippen molar-refractivity contribution in [3.05, 3.63) is 48.2 Å². The van der Waals surface area contributed by atoms with Gasteiger partial charge in [-0.3, -0.25) is 9.59 Å². The minimum atomic E-state index is -0.556. The van der Waals surface area contributed by atoms with Gasteiger partial charge in [0.25, 0.3) is 0 Å². The van der Waals surface area contributed by atoms with Crippen LogP contribution >= 0.6 is 0 Å². The van der Waals surface area contributed by atoms with Crippen molar-refractivity contribution in [3.63, 3.8) is 0 Å². The summed E-state index contributed by atoms with van der Waals surface area (Å²) in [6.45, 7) is 0.683. The van der Waals surface area contributed by atoms with E-state index in [0.29, 0.717) is 24.4 Å². The summed E-state index contributed by atoms with van der Waals surface area (Å²) in [5.41, 5.74) is 0.388. The Balaban J connectivity index is 1.82. The molecule has 0 unspecified atom stereocenters. The molecule has 0 bridgehead atoms. The van der Waals surface area contributed by atoms with E-state index in [9.17, 15) is 14.0 Å². The van der Waals surface area contributed by atoms with Crippen molar-refractivity contribution in [2.75, 3.05) is 25.1 Å². The summed E-state index contributed by atoms with van der Waals surface area (Å²) in [6.07, 6.45) is 5.82. The zero-order chi connectivity index (χ0) is 19.9. The van der Waals surface area contributed by atoms with Crippen molar-refractivity contribution < 1.29 is 23.1 Å². The number of ether oxygens (including phenoxy) is 1. The lowest BCUT2D eigenvalue weighted by Gasteiger charge is -2.28. The molecule has 0 saturated carbocycles. The maximum Gasteiger partial charge on any atom is 0.247 e. The van der Waals surface area contributed by atoms with Gasteiger partial charge in [0, 0.05) is 24.7 Å². The number of furan rings is 1. The standard InChI is InChI=1S/C21H25FN2O4/c1-27-19-10-9-16(13-18(19)22)24(14-17-7-6-12-28-17)21(26)15-23-11-5-3-2-4-8-20(23)25/h6-7,9-10,12-13H,2-5,8,11,14-15H2,1H3. The van der Waals surface area contributed by atoms with Crippen molar-refractivity contribution in [1.82, 2.24) is 4.90 Å². The van der Waals surface area contributed by atoms with E-state index >= 15 is 0 Å². The molecule has 2 aromatic rings. The van der Waals surface area contributed by atoms with E-state index in [-0.39, 0.29) is 30.7 Å². The van der Waals surface area contributed by atoms with Crippen LogP contribution in [0, 0.1) is 5.82 Å². The van der Waals surface area contributed by atoms with Gasteiger partial charge in [-0.1, -0.05) is 12.8 Å². The van der Waals surface area contributed by atoms with Crippen molar-refractivity contribution in [2.45, 2.75) is 38.6 Å². The minimum absolute atomic E-state index is 0.00749. The Labute approximate surface area is 163 Å². The second kappa shape index (κ2) is 9.39. The van der Waals surface area contributed by atoms with Gasteiger partial charge >= 0.3 is 0 Å². The molecule has 1 fully saturated rings. The monoisotopic (exact) mass is 388 g/mol. The lowest BCUT2D eigenvalue weighted by atomic mass is 10.1. The van der Waals surface area contributed by atoms with Gasteiger partial charge in [0.05, 0.1) is 19.9 Å². The Morgan fingerprint density at radius 2 is 2.07 bits per heavy atom. The fraction of sp³-hybridized carbons (Fsp3) is 0.429. The number of amides is 2. The molecule has 6 nitrogen and oxygen atoms in total. The molecule has 2 heterocycles. The minimum Gasteiger partial charge on any atom is -0.494 e. The van der Waals surface area contributed by atoms with E-state index < -0.39 is 5.82 Å². The van der Waals surface area contributed by atoms with Crippen LogP contribution in [0.3, 0.4) is 0 Å². The normalized spacial score (nSPS) is 15.1. The number of rotatable bonds is 6. The van der Waals surface area contributed by atoms with Gasteiger partial charge in [-0.05, 0) is 37.1 Å². The molecular weight excluding hydrogens is 363 g/mol. The van der Waals surface area contributed by atoms with E-state index in [2.05, 4.69) is 0 Å². The number of methoxy groups -OCH3 is 1. The smallest absolute Gasteiger partial charge is 0.247 e. The highest BCUT2D eigenvalue weighted by molar-refractivity contribution is 5.96. The van der Waals surface area contributed by atoms with Crippen LogP contribution in [-0.2, 0) is 16.1 Å². The van der Waals surface area contributed by atoms with Crippen LogP contribution in [0.15, 0.2) is 41.0 Å². The van der Waals surface area contributed by atoms with Crippen molar-refractivity contribution in [2.24, 2.45) is 0 Å². The Bertz CT molecular complexity index is 807. The molecule has 1 aliphatic heterocycles. The molecule has 1 aliphatic rings. The summed E-state index contributed by atoms with van der Waals surface area (Å²) < 4.78 is 24.5. The average molecular weight is 388 g/mol. The van der Waals surface area contributed by atoms with Crippen LogP contribution in [0.5, 0.6) is 5.75 Å². The first-order valence-corrected chi connectivity index (χ1v) is 9.52. The van der Waals surface area contributed by atoms with Crippen LogP contribution < -0.4 is 9.64 Å². The molecule has 0 aliphatic carbocycles. The molecule has 150 valence electrons. The van der Waals surface area contributed by atoms with E-state index in [0.717, 1.165) is 25.7 Å². The molecule has 1 aromatic heterocycles. The third-order valence-corrected chi connectivity index (χ3v) is 4.89. The summed E-state index contributed by atoms with van der Waals surface area (Å²) in [5.74, 6) is -0.168. The van der Waals surface area contributed by atoms with Gasteiger partial charge in [-0.15, -0.1) is 0 Å². The number of nitrogens with zero attached hydrogens (tertiary/aromatic N) is 2. The number of carbonyl (C=O) groups excluding carboxylic acids is 2. The number of hydrogen-bond acceptors (Lipinski definition) is 4. The highest BCUT2D eigenvalue weighted by Crippen LogP contribution is 2.25. The molecule has 1 aromatic carbocycles. The fourth-order valence-corrected chi connectivity index (χ4v) is 3.34. The van der Waals surface area contributed by atoms with E-state index in [4.69, 9.17) is 9.15 Å². The third-order valence-electron chi connectivity index (χ3n) is 4.89. The Hall–Kier alpha value is -2.83. The number of benzene rings is 1. The van der Waals surface area contributed by atoms with Gasteiger partial charge in [-0.25, -0.2) is 4.39 Å². The molecular formula is C21H25FN2O4. The highest BCUT2D eigenvalue weighted by atomic mass is 19.1. The zero-order valence-electron chi connectivity index (χ0n) is 16.0. The van der Waals surface area contributed by atoms with Gasteiger partial charge in [0.1, 0.15) is 12.3 Å². The molecule has 7 heteroatoms. The molecule has 2 amide bonds. The van der Waals surface area contributed by atoms with Gasteiger partial charge in [-0.2, -0.15) is 0 Å². The predicted molar refractivity (Wildman–Crippen MR) is 103 cm³/mol. The molecule has 0 N–H and O–H groups in total. The van der Waals surface area contributed by atoms with Crippen LogP contribution in [0.25, 0.3) is 0 Å². The maximum atomic E-state index is 14.2. The molecule has 0 spiro atoms. The van der Waals surface area contributed by atoms with Crippen LogP contribution in [0.4, 0.5) is 10.1 Å². The van der Waals surface area contributed by atoms with Crippen molar-refractivity contribution >= 4 is 17.5 Å². The lowest BCUT2D eigenvalue weighted by molar-refractivity contribution is -0.135. The second-order valence-electron chi connectivity index (χ2n) is 6.86. The van der Waals surface area contributed by atoms with E-state index in [1.54, 1.807) is 23.1 Å². The highest BCUT2D eigenvalue weighted by Gasteiger charge is 2.24. The number of halogens is 1. The number of hydrogen-bond donors (Lipinski definition) is 0. The first-order valence-electron chi connectivity index (χ1n) is 9.52. The average Bonchev–Trinajstić information content (AvgIpc) is 3.19. The van der Waals surface area contributed by atoms with Gasteiger partial charge in [0.15, 0.2) is 11.6 Å². The molecule has 1 saturated heterocycles. The third kappa shape index (κ3) is 4.91. The van der Waals surface area contributed by atoms with Crippen molar-refractivity contribution in [1.29, 1.82) is 0 Å². The predicted octanol–water partition coefficient (Wildman–Crippen LogP) is 3.75. The maximum absolute atomic E-state index is 14.2. The van der Waals surface area contributed by atoms with E-state index in [1.807, 2.05) is 0 Å². The molecule has 3 rings (SSSR count). The summed E-state index contributed by atoms with van der Waals surface area (Å²) in [4.78, 5) is 28.5. The van der Waals surface area contributed by atoms with Crippen molar-refractivity contribution in [3.8, 4) is 5.75 Å². The zero-order valence-corrected chi connectivity index (χ0v) is 16.0. The summed E-state index contributed by atoms with van der Waals surface area (Å²) in [7, 11) is 1.39. The SMILES string of the molecule is COc1ccc(N(Cc2ccco2)C(=O)CN2CCCCCCC2=O)cc1F. The summed E-state index contributed by atoms with van der Waals surface area (Å²) in [5, 5.41) is 0. The first-order chi connectivity index (χ1) is 13.6. The Morgan fingerprint density at radius 1 is 1.25 bits per heavy atom. The first kappa shape index (κ1) is 19.9. The van der Waals surface area contributed by atoms with Gasteiger partial charge in [0.2, 0.25) is 11.8 Å². The second-order valence-corrected chi connectivity index (χ2v) is 6.86. The molecule has 28 heavy (non-hydrogen) atoms. The number of likely N-dealkylation sites (tertiary alicyclic amines) is 1. The van der Waals surface area contributed by atoms with Gasteiger partial charge < -0.3 is 19.0 Å². The van der Waals surface area contributed by atoms with Crippen LogP contribution in [-0.4, -0.2) is 36.9 Å². The molecule has 0 radical (unpaired) electrons. The van der Waals surface area contributed by atoms with Crippen LogP contribution in [0.1, 0.15) is 37.9 Å². The molecule has 0 atom stereocenters. The van der Waals surface area contributed by atoms with Crippen LogP contribution in [0.2, 0.25) is 0 Å². The Morgan fingerprint density at radius 3 is 2.79 bits per heavy atom. The Kier molecular flexibility index (Phi) is 6.68. The number of anilines is 1. The fourth-order valence-electron chi connectivity index (χ4n) is 3.34. The quantitative estimate of drug-likeness (QED) is 0.756.